The molecule has 0 saturated carbocycles. The molecule has 5 nitrogen and oxygen atoms in total. The van der Waals surface area contributed by atoms with Crippen LogP contribution in [-0.4, -0.2) is 30.9 Å². The van der Waals surface area contributed by atoms with Crippen LogP contribution in [-0.2, 0) is 11.3 Å². The number of nitrogens with two attached hydrogens (primary N) is 1. The van der Waals surface area contributed by atoms with E-state index in [9.17, 15) is 18.0 Å². The molecule has 0 heterocycles. The minimum atomic E-state index is -4.81. The van der Waals surface area contributed by atoms with Gasteiger partial charge in [-0.05, 0) is 38.5 Å². The summed E-state index contributed by atoms with van der Waals surface area (Å²) in [5, 5.41) is 2.53. The zero-order chi connectivity index (χ0) is 23.0. The van der Waals surface area contributed by atoms with Crippen LogP contribution < -0.4 is 15.8 Å². The Hall–Kier alpha value is -3.13. The fourth-order valence-electron chi connectivity index (χ4n) is 2.89. The normalized spacial score (nSPS) is 12.9. The highest BCUT2D eigenvalue weighted by Crippen LogP contribution is 2.31. The molecule has 0 atom stereocenters. The van der Waals surface area contributed by atoms with E-state index in [1.54, 1.807) is 30.3 Å². The van der Waals surface area contributed by atoms with Crippen LogP contribution in [0.1, 0.15) is 30.5 Å². The first-order valence-electron chi connectivity index (χ1n) is 9.73. The second-order valence-electron chi connectivity index (χ2n) is 6.97. The number of benzene rings is 2. The Kier molecular flexibility index (Phi) is 8.38. The Morgan fingerprint density at radius 1 is 1.13 bits per heavy atom. The standard InChI is InChI=1S/C23H26F3N3O2/c1-15-7-6-8-18(13-15)14-28-22(30)16(2)21(23(24,25)26)29-17(3)19-9-4-5-10-20(19)31-12-11-27/h4-10,13H,11-12,14,27H2,1-3H3,(H,28,30)/b21-16+,29-17?. The highest BCUT2D eigenvalue weighted by atomic mass is 19.4. The molecule has 0 aliphatic rings. The molecule has 0 spiro atoms. The van der Waals surface area contributed by atoms with Gasteiger partial charge in [0, 0.05) is 29.9 Å². The van der Waals surface area contributed by atoms with Gasteiger partial charge in [-0.1, -0.05) is 42.0 Å². The number of para-hydroxylation sites is 1. The van der Waals surface area contributed by atoms with Crippen LogP contribution in [0.4, 0.5) is 13.2 Å². The molecule has 0 aliphatic heterocycles. The predicted octanol–water partition coefficient (Wildman–Crippen LogP) is 4.29. The quantitative estimate of drug-likeness (QED) is 0.482. The van der Waals surface area contributed by atoms with Gasteiger partial charge in [0.15, 0.2) is 5.70 Å². The molecule has 0 bridgehead atoms. The van der Waals surface area contributed by atoms with Gasteiger partial charge in [-0.2, -0.15) is 13.2 Å². The van der Waals surface area contributed by atoms with Crippen molar-refractivity contribution in [3.05, 3.63) is 76.5 Å². The van der Waals surface area contributed by atoms with Gasteiger partial charge < -0.3 is 15.8 Å². The number of amides is 1. The van der Waals surface area contributed by atoms with Crippen LogP contribution in [0.2, 0.25) is 0 Å². The fraction of sp³-hybridized carbons (Fsp3) is 0.304. The monoisotopic (exact) mass is 433 g/mol. The van der Waals surface area contributed by atoms with Crippen LogP contribution in [0, 0.1) is 6.92 Å². The molecule has 0 aliphatic carbocycles. The number of aliphatic imine (C=N–C) groups is 1. The summed E-state index contributed by atoms with van der Waals surface area (Å²) in [6.45, 7) is 5.04. The number of carbonyl (C=O) groups excluding carboxylic acids is 1. The van der Waals surface area contributed by atoms with Crippen molar-refractivity contribution in [2.75, 3.05) is 13.2 Å². The van der Waals surface area contributed by atoms with Crippen molar-refractivity contribution in [2.45, 2.75) is 33.5 Å². The van der Waals surface area contributed by atoms with Gasteiger partial charge in [0.1, 0.15) is 12.4 Å². The minimum absolute atomic E-state index is 0.0748. The van der Waals surface area contributed by atoms with E-state index >= 15 is 0 Å². The van der Waals surface area contributed by atoms with Crippen LogP contribution in [0.5, 0.6) is 5.75 Å². The number of halogens is 3. The molecule has 3 N–H and O–H groups in total. The van der Waals surface area contributed by atoms with E-state index in [0.717, 1.165) is 18.1 Å². The molecule has 31 heavy (non-hydrogen) atoms. The molecule has 8 heteroatoms. The number of ether oxygens (including phenoxy) is 1. The van der Waals surface area contributed by atoms with E-state index in [0.29, 0.717) is 11.3 Å². The summed E-state index contributed by atoms with van der Waals surface area (Å²) in [4.78, 5) is 16.2. The Balaban J connectivity index is 2.33. The second kappa shape index (κ2) is 10.8. The third kappa shape index (κ3) is 6.96. The maximum Gasteiger partial charge on any atom is 0.433 e. The molecule has 0 unspecified atom stereocenters. The molecule has 0 fully saturated rings. The van der Waals surface area contributed by atoms with E-state index in [2.05, 4.69) is 10.3 Å². The summed E-state index contributed by atoms with van der Waals surface area (Å²) in [5.41, 5.74) is 5.92. The minimum Gasteiger partial charge on any atom is -0.492 e. The van der Waals surface area contributed by atoms with Gasteiger partial charge in [-0.3, -0.25) is 4.79 Å². The molecule has 0 saturated heterocycles. The third-order valence-electron chi connectivity index (χ3n) is 4.43. The molecule has 2 aromatic carbocycles. The first kappa shape index (κ1) is 24.1. The molecular weight excluding hydrogens is 407 g/mol. The van der Waals surface area contributed by atoms with Crippen LogP contribution in [0.3, 0.4) is 0 Å². The van der Waals surface area contributed by atoms with Gasteiger partial charge in [-0.15, -0.1) is 0 Å². The smallest absolute Gasteiger partial charge is 0.433 e. The number of rotatable bonds is 8. The lowest BCUT2D eigenvalue weighted by atomic mass is 10.1. The second-order valence-corrected chi connectivity index (χ2v) is 6.97. The zero-order valence-corrected chi connectivity index (χ0v) is 17.7. The first-order chi connectivity index (χ1) is 14.6. The SMILES string of the molecule is CC(=N/C(=C(\C)C(=O)NCc1cccc(C)c1)C(F)(F)F)c1ccccc1OCCN. The lowest BCUT2D eigenvalue weighted by molar-refractivity contribution is -0.119. The number of nitrogens with one attached hydrogen (secondary N) is 1. The van der Waals surface area contributed by atoms with Crippen LogP contribution in [0.25, 0.3) is 0 Å². The summed E-state index contributed by atoms with van der Waals surface area (Å²) in [7, 11) is 0. The van der Waals surface area contributed by atoms with Crippen molar-refractivity contribution >= 4 is 11.6 Å². The highest BCUT2D eigenvalue weighted by molar-refractivity contribution is 6.02. The first-order valence-corrected chi connectivity index (χ1v) is 9.73. The number of nitrogens with zero attached hydrogens (tertiary/aromatic N) is 1. The summed E-state index contributed by atoms with van der Waals surface area (Å²) in [6, 6.07) is 14.0. The van der Waals surface area contributed by atoms with E-state index in [-0.39, 0.29) is 25.4 Å². The molecular formula is C23H26F3N3O2. The molecule has 166 valence electrons. The van der Waals surface area contributed by atoms with E-state index < -0.39 is 23.4 Å². The number of carbonyl (C=O) groups is 1. The number of alkyl halides is 3. The van der Waals surface area contributed by atoms with E-state index in [4.69, 9.17) is 10.5 Å². The summed E-state index contributed by atoms with van der Waals surface area (Å²) >= 11 is 0. The molecule has 2 aromatic rings. The van der Waals surface area contributed by atoms with E-state index in [1.165, 1.54) is 6.92 Å². The Labute approximate surface area is 179 Å². The number of aryl methyl sites for hydroxylation is 1. The van der Waals surface area contributed by atoms with E-state index in [1.807, 2.05) is 25.1 Å². The zero-order valence-electron chi connectivity index (χ0n) is 17.7. The van der Waals surface area contributed by atoms with Gasteiger partial charge in [-0.25, -0.2) is 4.99 Å². The van der Waals surface area contributed by atoms with Crippen LogP contribution in [0.15, 0.2) is 64.8 Å². The Morgan fingerprint density at radius 2 is 1.84 bits per heavy atom. The average molecular weight is 433 g/mol. The maximum atomic E-state index is 13.7. The van der Waals surface area contributed by atoms with Crippen molar-refractivity contribution in [1.82, 2.24) is 5.32 Å². The Bertz CT molecular complexity index is 982. The predicted molar refractivity (Wildman–Crippen MR) is 115 cm³/mol. The number of hydrogen-bond donors (Lipinski definition) is 2. The van der Waals surface area contributed by atoms with Crippen molar-refractivity contribution in [2.24, 2.45) is 10.7 Å². The van der Waals surface area contributed by atoms with Crippen molar-refractivity contribution in [3.8, 4) is 5.75 Å². The molecule has 2 rings (SSSR count). The topological polar surface area (TPSA) is 76.7 Å². The average Bonchev–Trinajstić information content (AvgIpc) is 2.73. The lowest BCUT2D eigenvalue weighted by Gasteiger charge is -2.15. The molecule has 0 aromatic heterocycles. The largest absolute Gasteiger partial charge is 0.492 e. The summed E-state index contributed by atoms with van der Waals surface area (Å²) in [6.07, 6.45) is -4.81. The van der Waals surface area contributed by atoms with Gasteiger partial charge in [0.05, 0.1) is 0 Å². The van der Waals surface area contributed by atoms with Gasteiger partial charge in [0.25, 0.3) is 0 Å². The Morgan fingerprint density at radius 3 is 2.48 bits per heavy atom. The maximum absolute atomic E-state index is 13.7. The molecule has 1 amide bonds. The van der Waals surface area contributed by atoms with Crippen LogP contribution >= 0.6 is 0 Å². The third-order valence-corrected chi connectivity index (χ3v) is 4.43. The van der Waals surface area contributed by atoms with Gasteiger partial charge in [0.2, 0.25) is 5.91 Å². The fourth-order valence-corrected chi connectivity index (χ4v) is 2.89. The molecule has 0 radical (unpaired) electrons. The van der Waals surface area contributed by atoms with Crippen molar-refractivity contribution < 1.29 is 22.7 Å². The van der Waals surface area contributed by atoms with Crippen molar-refractivity contribution in [3.63, 3.8) is 0 Å². The van der Waals surface area contributed by atoms with Gasteiger partial charge >= 0.3 is 6.18 Å². The summed E-state index contributed by atoms with van der Waals surface area (Å²) in [5.74, 6) is -0.463. The van der Waals surface area contributed by atoms with Crippen molar-refractivity contribution in [1.29, 1.82) is 0 Å². The summed E-state index contributed by atoms with van der Waals surface area (Å²) < 4.78 is 46.7. The lowest BCUT2D eigenvalue weighted by Crippen LogP contribution is -2.27. The number of allylic oxidation sites excluding steroid dienone is 1. The number of hydrogen-bond acceptors (Lipinski definition) is 4. The highest BCUT2D eigenvalue weighted by Gasteiger charge is 2.37.